The first-order valence-corrected chi connectivity index (χ1v) is 9.75. The molecule has 138 valence electrons. The molecule has 1 amide bonds. The Balaban J connectivity index is 1.28. The summed E-state index contributed by atoms with van der Waals surface area (Å²) >= 11 is 1.46. The van der Waals surface area contributed by atoms with Crippen molar-refractivity contribution in [3.63, 3.8) is 0 Å². The van der Waals surface area contributed by atoms with Gasteiger partial charge >= 0.3 is 6.09 Å². The van der Waals surface area contributed by atoms with Crippen LogP contribution in [-0.4, -0.2) is 95.0 Å². The molecule has 1 aromatic heterocycles. The number of amides is 1. The maximum atomic E-state index is 12.2. The highest BCUT2D eigenvalue weighted by Crippen LogP contribution is 2.28. The van der Waals surface area contributed by atoms with Gasteiger partial charge in [-0.05, 0) is 24.9 Å². The summed E-state index contributed by atoms with van der Waals surface area (Å²) in [6.45, 7) is 9.91. The van der Waals surface area contributed by atoms with Crippen molar-refractivity contribution in [2.45, 2.75) is 32.0 Å². The van der Waals surface area contributed by atoms with E-state index in [9.17, 15) is 4.79 Å². The second-order valence-corrected chi connectivity index (χ2v) is 7.80. The third-order valence-corrected chi connectivity index (χ3v) is 6.10. The number of morpholine rings is 1. The van der Waals surface area contributed by atoms with Crippen LogP contribution in [0, 0.1) is 6.92 Å². The monoisotopic (exact) mass is 367 g/mol. The highest BCUT2D eigenvalue weighted by Gasteiger charge is 2.47. The molecule has 3 saturated heterocycles. The van der Waals surface area contributed by atoms with Crippen LogP contribution < -0.4 is 0 Å². The number of aromatic nitrogens is 2. The zero-order valence-corrected chi connectivity index (χ0v) is 15.4. The second kappa shape index (κ2) is 7.53. The van der Waals surface area contributed by atoms with Gasteiger partial charge in [0.2, 0.25) is 0 Å². The van der Waals surface area contributed by atoms with Crippen LogP contribution in [0.25, 0.3) is 0 Å². The molecule has 0 N–H and O–H groups in total. The molecular formula is C16H25N5O3S. The van der Waals surface area contributed by atoms with Crippen molar-refractivity contribution in [3.05, 3.63) is 10.6 Å². The van der Waals surface area contributed by atoms with E-state index in [0.29, 0.717) is 0 Å². The van der Waals surface area contributed by atoms with E-state index in [4.69, 9.17) is 9.47 Å². The Kier molecular flexibility index (Phi) is 5.16. The number of ether oxygens (including phenoxy) is 2. The molecule has 0 aliphatic carbocycles. The molecule has 3 aliphatic heterocycles. The molecule has 25 heavy (non-hydrogen) atoms. The van der Waals surface area contributed by atoms with E-state index in [1.807, 2.05) is 11.8 Å². The summed E-state index contributed by atoms with van der Waals surface area (Å²) in [6.07, 6.45) is 0.834. The largest absolute Gasteiger partial charge is 0.442 e. The molecule has 4 rings (SSSR count). The van der Waals surface area contributed by atoms with Crippen LogP contribution in [-0.2, 0) is 16.0 Å². The molecular weight excluding hydrogens is 342 g/mol. The van der Waals surface area contributed by atoms with Crippen molar-refractivity contribution in [2.75, 3.05) is 52.5 Å². The molecule has 3 aliphatic rings. The van der Waals surface area contributed by atoms with Crippen LogP contribution in [0.5, 0.6) is 0 Å². The predicted octanol–water partition coefficient (Wildman–Crippen LogP) is 0.574. The van der Waals surface area contributed by atoms with Crippen molar-refractivity contribution in [1.29, 1.82) is 0 Å². The van der Waals surface area contributed by atoms with E-state index in [-0.39, 0.29) is 18.2 Å². The molecule has 3 fully saturated rings. The smallest absolute Gasteiger partial charge is 0.410 e. The van der Waals surface area contributed by atoms with Crippen LogP contribution in [0.15, 0.2) is 0 Å². The fraction of sp³-hybridized carbons (Fsp3) is 0.812. The standard InChI is InChI=1S/C16H25N5O3S/c1-12-15(25-18-17-12)11-20-9-13-14(10-20)24-16(22)21(13)4-2-3-19-5-7-23-8-6-19/h13-14H,2-11H2,1H3/t13-,14+/m0/s1. The first-order valence-electron chi connectivity index (χ1n) is 8.98. The fourth-order valence-corrected chi connectivity index (χ4v) is 4.53. The number of carbonyl (C=O) groups excluding carboxylic acids is 1. The summed E-state index contributed by atoms with van der Waals surface area (Å²) in [6, 6.07) is 0.179. The quantitative estimate of drug-likeness (QED) is 0.728. The van der Waals surface area contributed by atoms with Gasteiger partial charge in [0, 0.05) is 45.8 Å². The number of nitrogens with zero attached hydrogens (tertiary/aromatic N) is 5. The topological polar surface area (TPSA) is 71.0 Å². The van der Waals surface area contributed by atoms with Gasteiger partial charge in [-0.15, -0.1) is 5.10 Å². The molecule has 8 nitrogen and oxygen atoms in total. The lowest BCUT2D eigenvalue weighted by Crippen LogP contribution is -2.41. The van der Waals surface area contributed by atoms with E-state index < -0.39 is 0 Å². The number of hydrogen-bond donors (Lipinski definition) is 0. The SMILES string of the molecule is Cc1nnsc1CN1C[C@H]2OC(=O)N(CCCN3CCOCC3)[C@H]2C1. The maximum Gasteiger partial charge on any atom is 0.410 e. The highest BCUT2D eigenvalue weighted by atomic mass is 32.1. The molecule has 2 atom stereocenters. The molecule has 0 radical (unpaired) electrons. The summed E-state index contributed by atoms with van der Waals surface area (Å²) in [7, 11) is 0. The first kappa shape index (κ1) is 17.1. The predicted molar refractivity (Wildman–Crippen MR) is 92.6 cm³/mol. The van der Waals surface area contributed by atoms with Gasteiger partial charge in [-0.1, -0.05) is 4.49 Å². The molecule has 9 heteroatoms. The highest BCUT2D eigenvalue weighted by molar-refractivity contribution is 7.05. The molecule has 1 aromatic rings. The van der Waals surface area contributed by atoms with E-state index in [1.54, 1.807) is 0 Å². The Hall–Kier alpha value is -1.29. The Morgan fingerprint density at radius 3 is 2.80 bits per heavy atom. The van der Waals surface area contributed by atoms with Crippen LogP contribution in [0.4, 0.5) is 4.79 Å². The lowest BCUT2D eigenvalue weighted by atomic mass is 10.2. The minimum atomic E-state index is -0.146. The Labute approximate surface area is 151 Å². The van der Waals surface area contributed by atoms with Crippen molar-refractivity contribution in [2.24, 2.45) is 0 Å². The summed E-state index contributed by atoms with van der Waals surface area (Å²) in [5.41, 5.74) is 1.00. The number of likely N-dealkylation sites (tertiary alicyclic amines) is 1. The van der Waals surface area contributed by atoms with Gasteiger partial charge in [0.05, 0.1) is 29.8 Å². The third-order valence-electron chi connectivity index (χ3n) is 5.29. The Bertz CT molecular complexity index is 606. The van der Waals surface area contributed by atoms with E-state index in [1.165, 1.54) is 16.4 Å². The number of carbonyl (C=O) groups is 1. The maximum absolute atomic E-state index is 12.2. The lowest BCUT2D eigenvalue weighted by Gasteiger charge is -2.28. The van der Waals surface area contributed by atoms with Crippen molar-refractivity contribution in [1.82, 2.24) is 24.3 Å². The summed E-state index contributed by atoms with van der Waals surface area (Å²) in [5.74, 6) is 0. The van der Waals surface area contributed by atoms with Crippen LogP contribution in [0.2, 0.25) is 0 Å². The van der Waals surface area contributed by atoms with Crippen molar-refractivity contribution >= 4 is 17.6 Å². The molecule has 0 unspecified atom stereocenters. The number of aryl methyl sites for hydroxylation is 1. The summed E-state index contributed by atoms with van der Waals surface area (Å²) < 4.78 is 15.0. The fourth-order valence-electron chi connectivity index (χ4n) is 3.86. The van der Waals surface area contributed by atoms with Gasteiger partial charge in [-0.3, -0.25) is 9.80 Å². The summed E-state index contributed by atoms with van der Waals surface area (Å²) in [4.78, 5) is 20.1. The average Bonchev–Trinajstić information content (AvgIpc) is 3.26. The van der Waals surface area contributed by atoms with Gasteiger partial charge in [-0.2, -0.15) is 0 Å². The van der Waals surface area contributed by atoms with E-state index in [2.05, 4.69) is 19.4 Å². The Morgan fingerprint density at radius 1 is 1.20 bits per heavy atom. The molecule has 0 bridgehead atoms. The van der Waals surface area contributed by atoms with Gasteiger partial charge in [-0.25, -0.2) is 4.79 Å². The number of hydrogen-bond acceptors (Lipinski definition) is 8. The molecule has 0 spiro atoms. The van der Waals surface area contributed by atoms with Crippen molar-refractivity contribution in [3.8, 4) is 0 Å². The normalized spacial score (nSPS) is 27.7. The van der Waals surface area contributed by atoms with Crippen LogP contribution in [0.3, 0.4) is 0 Å². The minimum Gasteiger partial charge on any atom is -0.442 e. The summed E-state index contributed by atoms with van der Waals surface area (Å²) in [5, 5.41) is 4.08. The zero-order chi connectivity index (χ0) is 17.2. The third kappa shape index (κ3) is 3.79. The molecule has 0 aromatic carbocycles. The minimum absolute atomic E-state index is 0.00271. The molecule has 4 heterocycles. The molecule has 0 saturated carbocycles. The first-order chi connectivity index (χ1) is 12.2. The second-order valence-electron chi connectivity index (χ2n) is 6.97. The lowest BCUT2D eigenvalue weighted by molar-refractivity contribution is 0.0362. The number of fused-ring (bicyclic) bond motifs is 1. The van der Waals surface area contributed by atoms with E-state index in [0.717, 1.165) is 71.1 Å². The van der Waals surface area contributed by atoms with Gasteiger partial charge in [0.25, 0.3) is 0 Å². The Morgan fingerprint density at radius 2 is 2.04 bits per heavy atom. The van der Waals surface area contributed by atoms with Crippen LogP contribution >= 0.6 is 11.5 Å². The van der Waals surface area contributed by atoms with Crippen LogP contribution in [0.1, 0.15) is 17.0 Å². The van der Waals surface area contributed by atoms with Gasteiger partial charge in [0.1, 0.15) is 6.10 Å². The van der Waals surface area contributed by atoms with Gasteiger partial charge in [0.15, 0.2) is 0 Å². The van der Waals surface area contributed by atoms with Gasteiger partial charge < -0.3 is 14.4 Å². The average molecular weight is 367 g/mol. The zero-order valence-electron chi connectivity index (χ0n) is 14.6. The van der Waals surface area contributed by atoms with Crippen molar-refractivity contribution < 1.29 is 14.3 Å². The number of rotatable bonds is 6. The van der Waals surface area contributed by atoms with E-state index >= 15 is 0 Å².